The minimum atomic E-state index is -0.256. The van der Waals surface area contributed by atoms with Crippen molar-refractivity contribution in [2.24, 2.45) is 0 Å². The van der Waals surface area contributed by atoms with E-state index in [1.54, 1.807) is 18.5 Å². The first kappa shape index (κ1) is 16.8. The lowest BCUT2D eigenvalue weighted by atomic mass is 10.1. The average molecular weight is 337 g/mol. The molecule has 0 bridgehead atoms. The highest BCUT2D eigenvalue weighted by atomic mass is 16.5. The van der Waals surface area contributed by atoms with E-state index in [0.717, 1.165) is 17.0 Å². The van der Waals surface area contributed by atoms with Gasteiger partial charge in [0, 0.05) is 43.4 Å². The quantitative estimate of drug-likeness (QED) is 0.742. The number of carbonyl (C=O) groups is 1. The second-order valence-electron chi connectivity index (χ2n) is 5.53. The molecule has 0 saturated carbocycles. The van der Waals surface area contributed by atoms with Crippen LogP contribution in [0.2, 0.25) is 0 Å². The van der Waals surface area contributed by atoms with Gasteiger partial charge in [0.1, 0.15) is 11.6 Å². The lowest BCUT2D eigenvalue weighted by Crippen LogP contribution is -2.26. The van der Waals surface area contributed by atoms with E-state index in [2.05, 4.69) is 25.4 Å². The van der Waals surface area contributed by atoms with Gasteiger partial charge in [-0.05, 0) is 19.1 Å². The zero-order valence-electron chi connectivity index (χ0n) is 14.2. The number of amides is 1. The van der Waals surface area contributed by atoms with E-state index in [1.165, 1.54) is 0 Å². The Hall–Kier alpha value is -3.09. The van der Waals surface area contributed by atoms with Crippen LogP contribution in [-0.2, 0) is 12.8 Å². The van der Waals surface area contributed by atoms with Gasteiger partial charge in [0.15, 0.2) is 5.69 Å². The van der Waals surface area contributed by atoms with Gasteiger partial charge < -0.3 is 9.84 Å². The lowest BCUT2D eigenvalue weighted by Gasteiger charge is -2.09. The van der Waals surface area contributed by atoms with Crippen LogP contribution >= 0.6 is 0 Å². The van der Waals surface area contributed by atoms with Crippen LogP contribution in [0.5, 0.6) is 0 Å². The maximum absolute atomic E-state index is 12.1. The molecule has 0 spiro atoms. The number of nitrogens with one attached hydrogen (secondary N) is 1. The average Bonchev–Trinajstić information content (AvgIpc) is 3.12. The molecule has 25 heavy (non-hydrogen) atoms. The monoisotopic (exact) mass is 337 g/mol. The largest absolute Gasteiger partial charge is 0.361 e. The number of rotatable bonds is 6. The van der Waals surface area contributed by atoms with Gasteiger partial charge >= 0.3 is 0 Å². The van der Waals surface area contributed by atoms with E-state index in [-0.39, 0.29) is 5.91 Å². The molecule has 0 atom stereocenters. The Labute approximate surface area is 145 Å². The number of hydrogen-bond acceptors (Lipinski definition) is 6. The number of aryl methyl sites for hydroxylation is 2. The van der Waals surface area contributed by atoms with Crippen molar-refractivity contribution in [3.8, 4) is 11.3 Å². The Morgan fingerprint density at radius 3 is 2.88 bits per heavy atom. The molecule has 3 heterocycles. The normalized spacial score (nSPS) is 10.6. The zero-order chi connectivity index (χ0) is 17.6. The maximum atomic E-state index is 12.1. The van der Waals surface area contributed by atoms with Gasteiger partial charge in [-0.2, -0.15) is 0 Å². The van der Waals surface area contributed by atoms with Gasteiger partial charge in [0.2, 0.25) is 0 Å². The van der Waals surface area contributed by atoms with Crippen LogP contribution in [0.15, 0.2) is 41.2 Å². The summed E-state index contributed by atoms with van der Waals surface area (Å²) in [6, 6.07) is 7.35. The van der Waals surface area contributed by atoms with Crippen LogP contribution in [0, 0.1) is 6.92 Å². The summed E-state index contributed by atoms with van der Waals surface area (Å²) < 4.78 is 5.05. The third-order valence-electron chi connectivity index (χ3n) is 3.72. The highest BCUT2D eigenvalue weighted by Crippen LogP contribution is 2.19. The number of pyridine rings is 1. The summed E-state index contributed by atoms with van der Waals surface area (Å²) in [6.45, 7) is 4.22. The van der Waals surface area contributed by atoms with Crippen LogP contribution in [0.25, 0.3) is 11.3 Å². The summed E-state index contributed by atoms with van der Waals surface area (Å²) in [4.78, 5) is 25.2. The van der Waals surface area contributed by atoms with E-state index in [1.807, 2.05) is 32.0 Å². The Morgan fingerprint density at radius 2 is 2.16 bits per heavy atom. The minimum absolute atomic E-state index is 0.256. The summed E-state index contributed by atoms with van der Waals surface area (Å²) in [6.07, 6.45) is 4.77. The molecule has 1 N–H and O–H groups in total. The van der Waals surface area contributed by atoms with Gasteiger partial charge in [-0.15, -0.1) is 0 Å². The van der Waals surface area contributed by atoms with Gasteiger partial charge in [-0.1, -0.05) is 18.1 Å². The topological polar surface area (TPSA) is 93.8 Å². The minimum Gasteiger partial charge on any atom is -0.361 e. The van der Waals surface area contributed by atoms with Crippen LogP contribution in [0.1, 0.15) is 34.7 Å². The van der Waals surface area contributed by atoms with Crippen molar-refractivity contribution in [1.82, 2.24) is 25.4 Å². The number of nitrogens with zero attached hydrogens (tertiary/aromatic N) is 4. The lowest BCUT2D eigenvalue weighted by molar-refractivity contribution is 0.0945. The first-order valence-corrected chi connectivity index (χ1v) is 8.15. The molecule has 0 aliphatic carbocycles. The Morgan fingerprint density at radius 1 is 1.28 bits per heavy atom. The Kier molecular flexibility index (Phi) is 5.13. The SMILES string of the molecule is CCc1cc(C(=O)NCCc2nc(C)ncc2-c2ccccn2)no1. The number of hydrogen-bond donors (Lipinski definition) is 1. The van der Waals surface area contributed by atoms with E-state index in [9.17, 15) is 4.79 Å². The van der Waals surface area contributed by atoms with E-state index < -0.39 is 0 Å². The van der Waals surface area contributed by atoms with Crippen molar-refractivity contribution < 1.29 is 9.32 Å². The highest BCUT2D eigenvalue weighted by Gasteiger charge is 2.13. The van der Waals surface area contributed by atoms with Crippen molar-refractivity contribution in [1.29, 1.82) is 0 Å². The molecule has 0 unspecified atom stereocenters. The second kappa shape index (κ2) is 7.65. The van der Waals surface area contributed by atoms with Crippen molar-refractivity contribution >= 4 is 5.91 Å². The van der Waals surface area contributed by atoms with Gasteiger partial charge in [0.05, 0.1) is 11.4 Å². The molecular weight excluding hydrogens is 318 g/mol. The smallest absolute Gasteiger partial charge is 0.273 e. The fourth-order valence-electron chi connectivity index (χ4n) is 2.42. The first-order valence-electron chi connectivity index (χ1n) is 8.15. The molecule has 0 radical (unpaired) electrons. The first-order chi connectivity index (χ1) is 12.2. The fraction of sp³-hybridized carbons (Fsp3) is 0.278. The molecule has 0 fully saturated rings. The summed E-state index contributed by atoms with van der Waals surface area (Å²) in [7, 11) is 0. The Balaban J connectivity index is 1.68. The van der Waals surface area contributed by atoms with Gasteiger partial charge in [0.25, 0.3) is 5.91 Å². The van der Waals surface area contributed by atoms with E-state index in [0.29, 0.717) is 36.7 Å². The fourth-order valence-corrected chi connectivity index (χ4v) is 2.42. The molecule has 7 heteroatoms. The van der Waals surface area contributed by atoms with E-state index >= 15 is 0 Å². The van der Waals surface area contributed by atoms with Crippen LogP contribution in [-0.4, -0.2) is 32.6 Å². The summed E-state index contributed by atoms with van der Waals surface area (Å²) in [5.74, 6) is 1.12. The zero-order valence-corrected chi connectivity index (χ0v) is 14.2. The van der Waals surface area contributed by atoms with E-state index in [4.69, 9.17) is 4.52 Å². The molecule has 0 saturated heterocycles. The molecule has 0 aromatic carbocycles. The standard InChI is InChI=1S/C18H19N5O2/c1-3-13-10-17(23-25-13)18(24)20-9-7-16-14(11-21-12(2)22-16)15-6-4-5-8-19-15/h4-6,8,10-11H,3,7,9H2,1-2H3,(H,20,24). The molecule has 0 aliphatic rings. The third-order valence-corrected chi connectivity index (χ3v) is 3.72. The number of aromatic nitrogens is 4. The third kappa shape index (κ3) is 4.06. The van der Waals surface area contributed by atoms with Crippen LogP contribution in [0.4, 0.5) is 0 Å². The molecular formula is C18H19N5O2. The predicted octanol–water partition coefficient (Wildman–Crippen LogP) is 2.37. The highest BCUT2D eigenvalue weighted by molar-refractivity contribution is 5.92. The summed E-state index contributed by atoms with van der Waals surface area (Å²) >= 11 is 0. The summed E-state index contributed by atoms with van der Waals surface area (Å²) in [5.41, 5.74) is 2.82. The van der Waals surface area contributed by atoms with Gasteiger partial charge in [-0.3, -0.25) is 9.78 Å². The summed E-state index contributed by atoms with van der Waals surface area (Å²) in [5, 5.41) is 6.61. The molecule has 3 rings (SSSR count). The Bertz CT molecular complexity index is 861. The second-order valence-corrected chi connectivity index (χ2v) is 5.53. The van der Waals surface area contributed by atoms with Crippen molar-refractivity contribution in [2.75, 3.05) is 6.54 Å². The molecule has 7 nitrogen and oxygen atoms in total. The predicted molar refractivity (Wildman–Crippen MR) is 91.9 cm³/mol. The van der Waals surface area contributed by atoms with Crippen molar-refractivity contribution in [2.45, 2.75) is 26.7 Å². The molecule has 128 valence electrons. The molecule has 0 aliphatic heterocycles. The number of carbonyl (C=O) groups excluding carboxylic acids is 1. The molecule has 3 aromatic heterocycles. The molecule has 3 aromatic rings. The molecule has 1 amide bonds. The van der Waals surface area contributed by atoms with Crippen LogP contribution < -0.4 is 5.32 Å². The van der Waals surface area contributed by atoms with Crippen molar-refractivity contribution in [3.63, 3.8) is 0 Å². The maximum Gasteiger partial charge on any atom is 0.273 e. The van der Waals surface area contributed by atoms with Crippen LogP contribution in [0.3, 0.4) is 0 Å². The van der Waals surface area contributed by atoms with Crippen molar-refractivity contribution in [3.05, 3.63) is 59.6 Å². The van der Waals surface area contributed by atoms with Gasteiger partial charge in [-0.25, -0.2) is 9.97 Å².